The van der Waals surface area contributed by atoms with E-state index in [-0.39, 0.29) is 0 Å². The molecule has 0 unspecified atom stereocenters. The van der Waals surface area contributed by atoms with E-state index in [0.717, 1.165) is 19.4 Å². The minimum absolute atomic E-state index is 0.508. The molecule has 0 fully saturated rings. The fourth-order valence-electron chi connectivity index (χ4n) is 2.30. The first-order chi connectivity index (χ1) is 7.72. The van der Waals surface area contributed by atoms with Crippen molar-refractivity contribution in [1.29, 1.82) is 5.26 Å². The van der Waals surface area contributed by atoms with Crippen molar-refractivity contribution in [2.45, 2.75) is 32.6 Å². The van der Waals surface area contributed by atoms with Gasteiger partial charge in [-0.3, -0.25) is 0 Å². The van der Waals surface area contributed by atoms with Gasteiger partial charge in [-0.1, -0.05) is 26.0 Å². The molecule has 0 atom stereocenters. The van der Waals surface area contributed by atoms with E-state index in [1.54, 1.807) is 0 Å². The normalized spacial score (nSPS) is 14.8. The zero-order chi connectivity index (χ0) is 11.5. The van der Waals surface area contributed by atoms with Crippen LogP contribution in [0.1, 0.15) is 37.3 Å². The van der Waals surface area contributed by atoms with Crippen LogP contribution in [-0.4, -0.2) is 13.1 Å². The number of benzene rings is 1. The maximum absolute atomic E-state index is 8.80. The Hall–Kier alpha value is -1.49. The van der Waals surface area contributed by atoms with Crippen LogP contribution >= 0.6 is 0 Å². The van der Waals surface area contributed by atoms with E-state index in [9.17, 15) is 0 Å². The number of nitriles is 1. The van der Waals surface area contributed by atoms with E-state index >= 15 is 0 Å². The van der Waals surface area contributed by atoms with E-state index in [2.05, 4.69) is 43.0 Å². The Morgan fingerprint density at radius 3 is 2.94 bits per heavy atom. The maximum atomic E-state index is 8.80. The Balaban J connectivity index is 2.33. The zero-order valence-electron chi connectivity index (χ0n) is 10.0. The lowest BCUT2D eigenvalue weighted by Gasteiger charge is -2.29. The predicted octanol–water partition coefficient (Wildman–Crippen LogP) is 3.09. The van der Waals surface area contributed by atoms with Crippen LogP contribution in [0.3, 0.4) is 0 Å². The first-order valence-corrected chi connectivity index (χ1v) is 5.97. The van der Waals surface area contributed by atoms with Gasteiger partial charge in [-0.15, -0.1) is 0 Å². The average molecular weight is 214 g/mol. The Morgan fingerprint density at radius 2 is 2.25 bits per heavy atom. The fraction of sp³-hybridized carbons (Fsp3) is 0.500. The Labute approximate surface area is 97.5 Å². The summed E-state index contributed by atoms with van der Waals surface area (Å²) in [5, 5.41) is 8.80. The van der Waals surface area contributed by atoms with Crippen LogP contribution in [-0.2, 0) is 6.42 Å². The van der Waals surface area contributed by atoms with Crippen molar-refractivity contribution < 1.29 is 0 Å². The van der Waals surface area contributed by atoms with Crippen LogP contribution < -0.4 is 4.90 Å². The summed E-state index contributed by atoms with van der Waals surface area (Å²) in [4.78, 5) is 2.18. The molecule has 0 radical (unpaired) electrons. The van der Waals surface area contributed by atoms with Gasteiger partial charge in [-0.05, 0) is 36.0 Å². The van der Waals surface area contributed by atoms with Crippen LogP contribution in [0.5, 0.6) is 0 Å². The number of fused-ring (bicyclic) bond motifs is 1. The molecule has 2 rings (SSSR count). The molecule has 1 heterocycles. The third-order valence-electron chi connectivity index (χ3n) is 3.25. The fourth-order valence-corrected chi connectivity index (χ4v) is 2.30. The summed E-state index contributed by atoms with van der Waals surface area (Å²) in [6.45, 7) is 5.96. The smallest absolute Gasteiger partial charge is 0.105 e. The lowest BCUT2D eigenvalue weighted by Crippen LogP contribution is -2.29. The molecule has 0 saturated heterocycles. The quantitative estimate of drug-likeness (QED) is 0.707. The minimum Gasteiger partial charge on any atom is -0.358 e. The molecule has 0 bridgehead atoms. The molecule has 2 heteroatoms. The summed E-state index contributed by atoms with van der Waals surface area (Å²) in [5.41, 5.74) is 4.07. The molecule has 1 aliphatic rings. The first-order valence-electron chi connectivity index (χ1n) is 5.97. The number of rotatable bonds is 2. The lowest BCUT2D eigenvalue weighted by molar-refractivity contribution is 0.721. The van der Waals surface area contributed by atoms with Gasteiger partial charge in [0.2, 0.25) is 0 Å². The molecule has 0 N–H and O–H groups in total. The molecule has 0 spiro atoms. The van der Waals surface area contributed by atoms with Crippen molar-refractivity contribution >= 4 is 5.69 Å². The second kappa shape index (κ2) is 4.57. The van der Waals surface area contributed by atoms with Crippen molar-refractivity contribution in [1.82, 2.24) is 0 Å². The van der Waals surface area contributed by atoms with Crippen LogP contribution in [0.15, 0.2) is 18.2 Å². The van der Waals surface area contributed by atoms with E-state index in [4.69, 9.17) is 5.26 Å². The minimum atomic E-state index is 0.508. The highest BCUT2D eigenvalue weighted by molar-refractivity contribution is 5.57. The standard InChI is InChI=1S/C14H18N2/c1-11(2)12-5-6-14-13(10-12)4-3-8-16(14)9-7-15/h5-6,10-11H,3-4,8-9H2,1-2H3. The molecule has 16 heavy (non-hydrogen) atoms. The summed E-state index contributed by atoms with van der Waals surface area (Å²) >= 11 is 0. The van der Waals surface area contributed by atoms with Crippen LogP contribution in [0.2, 0.25) is 0 Å². The van der Waals surface area contributed by atoms with E-state index < -0.39 is 0 Å². The molecular weight excluding hydrogens is 196 g/mol. The number of hydrogen-bond donors (Lipinski definition) is 0. The van der Waals surface area contributed by atoms with Gasteiger partial charge in [0.15, 0.2) is 0 Å². The number of anilines is 1. The Kier molecular flexibility index (Phi) is 3.14. The van der Waals surface area contributed by atoms with Crippen LogP contribution in [0, 0.1) is 11.3 Å². The second-order valence-corrected chi connectivity index (χ2v) is 4.73. The average Bonchev–Trinajstić information content (AvgIpc) is 2.29. The van der Waals surface area contributed by atoms with Crippen molar-refractivity contribution in [3.63, 3.8) is 0 Å². The number of aryl methyl sites for hydroxylation is 1. The molecule has 0 amide bonds. The third-order valence-corrected chi connectivity index (χ3v) is 3.25. The molecule has 2 nitrogen and oxygen atoms in total. The van der Waals surface area contributed by atoms with Crippen molar-refractivity contribution in [3.8, 4) is 6.07 Å². The van der Waals surface area contributed by atoms with Crippen molar-refractivity contribution in [2.24, 2.45) is 0 Å². The topological polar surface area (TPSA) is 27.0 Å². The number of hydrogen-bond acceptors (Lipinski definition) is 2. The van der Waals surface area contributed by atoms with Gasteiger partial charge in [0, 0.05) is 12.2 Å². The van der Waals surface area contributed by atoms with Gasteiger partial charge in [0.1, 0.15) is 6.54 Å². The molecule has 0 saturated carbocycles. The van der Waals surface area contributed by atoms with Gasteiger partial charge < -0.3 is 4.90 Å². The predicted molar refractivity (Wildman–Crippen MR) is 66.7 cm³/mol. The van der Waals surface area contributed by atoms with Gasteiger partial charge in [0.25, 0.3) is 0 Å². The molecule has 84 valence electrons. The highest BCUT2D eigenvalue weighted by Crippen LogP contribution is 2.29. The highest BCUT2D eigenvalue weighted by atomic mass is 15.1. The monoisotopic (exact) mass is 214 g/mol. The molecule has 0 aliphatic carbocycles. The SMILES string of the molecule is CC(C)c1ccc2c(c1)CCCN2CC#N. The maximum Gasteiger partial charge on any atom is 0.105 e. The Bertz CT molecular complexity index is 415. The summed E-state index contributed by atoms with van der Waals surface area (Å²) in [5.74, 6) is 0.580. The third kappa shape index (κ3) is 2.04. The van der Waals surface area contributed by atoms with E-state index in [0.29, 0.717) is 12.5 Å². The van der Waals surface area contributed by atoms with Gasteiger partial charge >= 0.3 is 0 Å². The second-order valence-electron chi connectivity index (χ2n) is 4.73. The van der Waals surface area contributed by atoms with Gasteiger partial charge in [-0.2, -0.15) is 5.26 Å². The van der Waals surface area contributed by atoms with Crippen molar-refractivity contribution in [2.75, 3.05) is 18.0 Å². The molecule has 1 aromatic carbocycles. The molecule has 0 aromatic heterocycles. The number of nitrogens with zero attached hydrogens (tertiary/aromatic N) is 2. The summed E-state index contributed by atoms with van der Waals surface area (Å²) in [6.07, 6.45) is 2.31. The summed E-state index contributed by atoms with van der Waals surface area (Å²) in [6, 6.07) is 8.93. The van der Waals surface area contributed by atoms with E-state index in [1.165, 1.54) is 16.8 Å². The van der Waals surface area contributed by atoms with Crippen LogP contribution in [0.4, 0.5) is 5.69 Å². The molecular formula is C14H18N2. The first kappa shape index (κ1) is 11.0. The zero-order valence-corrected chi connectivity index (χ0v) is 10.0. The summed E-state index contributed by atoms with van der Waals surface area (Å²) < 4.78 is 0. The van der Waals surface area contributed by atoms with Gasteiger partial charge in [-0.25, -0.2) is 0 Å². The van der Waals surface area contributed by atoms with E-state index in [1.807, 2.05) is 0 Å². The summed E-state index contributed by atoms with van der Waals surface area (Å²) in [7, 11) is 0. The van der Waals surface area contributed by atoms with Crippen molar-refractivity contribution in [3.05, 3.63) is 29.3 Å². The van der Waals surface area contributed by atoms with Gasteiger partial charge in [0.05, 0.1) is 6.07 Å². The Morgan fingerprint density at radius 1 is 1.44 bits per heavy atom. The van der Waals surface area contributed by atoms with Crippen LogP contribution in [0.25, 0.3) is 0 Å². The lowest BCUT2D eigenvalue weighted by atomic mass is 9.95. The highest BCUT2D eigenvalue weighted by Gasteiger charge is 2.16. The molecule has 1 aromatic rings. The largest absolute Gasteiger partial charge is 0.358 e. The molecule has 1 aliphatic heterocycles.